The summed E-state index contributed by atoms with van der Waals surface area (Å²) in [4.78, 5) is 30.1. The van der Waals surface area contributed by atoms with Crippen molar-refractivity contribution in [2.75, 3.05) is 32.8 Å². The molecule has 0 aromatic heterocycles. The van der Waals surface area contributed by atoms with Crippen LogP contribution in [0.4, 0.5) is 0 Å². The van der Waals surface area contributed by atoms with Crippen LogP contribution in [-0.4, -0.2) is 65.6 Å². The number of nitrogens with zero attached hydrogens (tertiary/aromatic N) is 2. The predicted octanol–water partition coefficient (Wildman–Crippen LogP) is 5.02. The number of likely N-dealkylation sites (tertiary alicyclic amines) is 1. The van der Waals surface area contributed by atoms with Gasteiger partial charge in [0.25, 0.3) is 11.8 Å². The van der Waals surface area contributed by atoms with Gasteiger partial charge < -0.3 is 14.7 Å². The van der Waals surface area contributed by atoms with Crippen molar-refractivity contribution >= 4 is 22.6 Å². The van der Waals surface area contributed by atoms with Gasteiger partial charge in [-0.25, -0.2) is 0 Å². The van der Waals surface area contributed by atoms with Crippen LogP contribution in [0.5, 0.6) is 5.75 Å². The third kappa shape index (κ3) is 5.27. The molecular formula is C31H36N2O4. The molecule has 194 valence electrons. The third-order valence-electron chi connectivity index (χ3n) is 7.78. The van der Waals surface area contributed by atoms with Gasteiger partial charge in [-0.3, -0.25) is 14.5 Å². The van der Waals surface area contributed by atoms with Gasteiger partial charge in [0.2, 0.25) is 0 Å². The van der Waals surface area contributed by atoms with Gasteiger partial charge in [0.1, 0.15) is 18.5 Å². The predicted molar refractivity (Wildman–Crippen MR) is 145 cm³/mol. The zero-order valence-corrected chi connectivity index (χ0v) is 21.9. The summed E-state index contributed by atoms with van der Waals surface area (Å²) >= 11 is 0. The molecule has 1 atom stereocenters. The largest absolute Gasteiger partial charge is 0.491 e. The summed E-state index contributed by atoms with van der Waals surface area (Å²) in [6.45, 7) is 9.34. The Hall–Kier alpha value is -3.22. The minimum atomic E-state index is -0.580. The number of aliphatic hydroxyl groups excluding tert-OH is 1. The van der Waals surface area contributed by atoms with Gasteiger partial charge in [-0.1, -0.05) is 44.2 Å². The fourth-order valence-corrected chi connectivity index (χ4v) is 5.78. The molecule has 1 saturated heterocycles. The summed E-state index contributed by atoms with van der Waals surface area (Å²) in [5, 5.41) is 12.3. The second kappa shape index (κ2) is 10.6. The highest BCUT2D eigenvalue weighted by Crippen LogP contribution is 2.31. The molecule has 0 saturated carbocycles. The van der Waals surface area contributed by atoms with E-state index in [1.807, 2.05) is 48.5 Å². The molecule has 1 N–H and O–H groups in total. The summed E-state index contributed by atoms with van der Waals surface area (Å²) in [7, 11) is 0. The van der Waals surface area contributed by atoms with Crippen molar-refractivity contribution in [1.82, 2.24) is 9.80 Å². The van der Waals surface area contributed by atoms with E-state index >= 15 is 0 Å². The molecule has 37 heavy (non-hydrogen) atoms. The lowest BCUT2D eigenvalue weighted by Gasteiger charge is -2.36. The second-order valence-electron chi connectivity index (χ2n) is 10.8. The molecule has 0 spiro atoms. The third-order valence-corrected chi connectivity index (χ3v) is 7.78. The molecule has 0 aliphatic carbocycles. The number of piperidine rings is 1. The normalized spacial score (nSPS) is 17.6. The van der Waals surface area contributed by atoms with Crippen LogP contribution >= 0.6 is 0 Å². The van der Waals surface area contributed by atoms with Crippen LogP contribution in [0.25, 0.3) is 10.8 Å². The Kier molecular flexibility index (Phi) is 7.31. The number of aryl methyl sites for hydroxylation is 1. The fraction of sp³-hybridized carbons (Fsp3) is 0.419. The van der Waals surface area contributed by atoms with Crippen molar-refractivity contribution in [2.45, 2.75) is 45.6 Å². The number of imide groups is 1. The number of aliphatic hydroxyl groups is 1. The van der Waals surface area contributed by atoms with Gasteiger partial charge in [0.15, 0.2) is 0 Å². The Morgan fingerprint density at radius 2 is 1.62 bits per heavy atom. The molecule has 2 aliphatic rings. The smallest absolute Gasteiger partial charge is 0.261 e. The number of benzene rings is 3. The number of hydrogen-bond acceptors (Lipinski definition) is 5. The van der Waals surface area contributed by atoms with Gasteiger partial charge in [0, 0.05) is 29.6 Å². The van der Waals surface area contributed by atoms with Gasteiger partial charge in [-0.2, -0.15) is 0 Å². The summed E-state index contributed by atoms with van der Waals surface area (Å²) in [5.41, 5.74) is 3.74. The highest BCUT2D eigenvalue weighted by atomic mass is 16.5. The Labute approximate surface area is 218 Å². The highest BCUT2D eigenvalue weighted by molar-refractivity contribution is 6.25. The average Bonchev–Trinajstić information content (AvgIpc) is 2.89. The van der Waals surface area contributed by atoms with Crippen molar-refractivity contribution in [1.29, 1.82) is 0 Å². The minimum absolute atomic E-state index is 0.194. The molecule has 5 rings (SSSR count). The molecule has 6 nitrogen and oxygen atoms in total. The standard InChI is InChI=1S/C31H36N2O4/c1-20(2)26-11-10-25(16-21(26)3)37-19-24(34)18-32-14-12-22(13-15-32)17-33-30(35)27-8-4-6-23-7-5-9-28(29(23)27)31(33)36/h4-11,16,20,22,24,34H,12-15,17-19H2,1-3H3/t24-/m0/s1. The summed E-state index contributed by atoms with van der Waals surface area (Å²) in [6, 6.07) is 17.4. The van der Waals surface area contributed by atoms with E-state index in [1.165, 1.54) is 16.0 Å². The number of amides is 2. The Morgan fingerprint density at radius 3 is 2.22 bits per heavy atom. The van der Waals surface area contributed by atoms with Crippen molar-refractivity contribution < 1.29 is 19.4 Å². The summed E-state index contributed by atoms with van der Waals surface area (Å²) < 4.78 is 5.86. The van der Waals surface area contributed by atoms with Crippen LogP contribution in [0.1, 0.15) is 64.4 Å². The Morgan fingerprint density at radius 1 is 0.973 bits per heavy atom. The maximum atomic E-state index is 13.2. The minimum Gasteiger partial charge on any atom is -0.491 e. The number of β-amino-alcohol motifs (C(OH)–C–C–N with tert-alkyl or cyclic N) is 1. The fourth-order valence-electron chi connectivity index (χ4n) is 5.78. The molecule has 0 bridgehead atoms. The summed E-state index contributed by atoms with van der Waals surface area (Å²) in [6.07, 6.45) is 1.18. The first-order valence-electron chi connectivity index (χ1n) is 13.3. The molecule has 3 aromatic carbocycles. The van der Waals surface area contributed by atoms with Crippen LogP contribution < -0.4 is 4.74 Å². The molecule has 2 amide bonds. The molecule has 2 aliphatic heterocycles. The molecule has 3 aromatic rings. The van der Waals surface area contributed by atoms with E-state index in [0.717, 1.165) is 42.5 Å². The zero-order chi connectivity index (χ0) is 26.1. The lowest BCUT2D eigenvalue weighted by atomic mass is 9.91. The Balaban J connectivity index is 1.12. The lowest BCUT2D eigenvalue weighted by Crippen LogP contribution is -2.46. The van der Waals surface area contributed by atoms with Crippen molar-refractivity contribution in [3.05, 3.63) is 76.9 Å². The van der Waals surface area contributed by atoms with Crippen molar-refractivity contribution in [2.24, 2.45) is 5.92 Å². The van der Waals surface area contributed by atoms with Crippen molar-refractivity contribution in [3.8, 4) is 5.75 Å². The number of hydrogen-bond donors (Lipinski definition) is 1. The van der Waals surface area contributed by atoms with Gasteiger partial charge in [-0.05, 0) is 85.5 Å². The van der Waals surface area contributed by atoms with Crippen LogP contribution in [-0.2, 0) is 0 Å². The Bertz CT molecular complexity index is 1260. The van der Waals surface area contributed by atoms with Crippen LogP contribution in [0.2, 0.25) is 0 Å². The van der Waals surface area contributed by atoms with Crippen LogP contribution in [0, 0.1) is 12.8 Å². The van der Waals surface area contributed by atoms with E-state index in [9.17, 15) is 14.7 Å². The first kappa shape index (κ1) is 25.4. The molecule has 0 unspecified atom stereocenters. The SMILES string of the molecule is Cc1cc(OC[C@@H](O)CN2CCC(CN3C(=O)c4cccc5cccc(c45)C3=O)CC2)ccc1C(C)C. The monoisotopic (exact) mass is 500 g/mol. The number of ether oxygens (including phenoxy) is 1. The van der Waals surface area contributed by atoms with Crippen LogP contribution in [0.15, 0.2) is 54.6 Å². The van der Waals surface area contributed by atoms with Gasteiger partial charge in [0.05, 0.1) is 0 Å². The maximum absolute atomic E-state index is 13.2. The van der Waals surface area contributed by atoms with E-state index in [0.29, 0.717) is 30.1 Å². The van der Waals surface area contributed by atoms with E-state index in [1.54, 1.807) is 0 Å². The molecule has 2 heterocycles. The van der Waals surface area contributed by atoms with Crippen molar-refractivity contribution in [3.63, 3.8) is 0 Å². The highest BCUT2D eigenvalue weighted by Gasteiger charge is 2.34. The maximum Gasteiger partial charge on any atom is 0.261 e. The van der Waals surface area contributed by atoms with E-state index in [4.69, 9.17) is 4.74 Å². The van der Waals surface area contributed by atoms with Gasteiger partial charge in [-0.15, -0.1) is 0 Å². The average molecular weight is 501 g/mol. The summed E-state index contributed by atoms with van der Waals surface area (Å²) in [5.74, 6) is 1.12. The number of carbonyl (C=O) groups is 2. The van der Waals surface area contributed by atoms with Crippen LogP contribution in [0.3, 0.4) is 0 Å². The first-order chi connectivity index (χ1) is 17.8. The molecule has 0 radical (unpaired) electrons. The number of rotatable bonds is 8. The topological polar surface area (TPSA) is 70.1 Å². The number of carbonyl (C=O) groups excluding carboxylic acids is 2. The second-order valence-corrected chi connectivity index (χ2v) is 10.8. The lowest BCUT2D eigenvalue weighted by molar-refractivity contribution is 0.0453. The van der Waals surface area contributed by atoms with Gasteiger partial charge >= 0.3 is 0 Å². The quantitative estimate of drug-likeness (QED) is 0.440. The van der Waals surface area contributed by atoms with E-state index in [-0.39, 0.29) is 24.3 Å². The molecule has 1 fully saturated rings. The first-order valence-corrected chi connectivity index (χ1v) is 13.3. The molecular weight excluding hydrogens is 464 g/mol. The van der Waals surface area contributed by atoms with E-state index in [2.05, 4.69) is 31.7 Å². The zero-order valence-electron chi connectivity index (χ0n) is 21.9. The van der Waals surface area contributed by atoms with E-state index < -0.39 is 6.10 Å². The molecule has 6 heteroatoms.